The highest BCUT2D eigenvalue weighted by atomic mass is 35.5. The molecule has 0 atom stereocenters. The van der Waals surface area contributed by atoms with E-state index < -0.39 is 0 Å². The zero-order chi connectivity index (χ0) is 13.7. The fourth-order valence-electron chi connectivity index (χ4n) is 1.83. The molecular weight excluding hydrogens is 276 g/mol. The Balaban J connectivity index is 0.00000200. The van der Waals surface area contributed by atoms with E-state index >= 15 is 0 Å². The van der Waals surface area contributed by atoms with Crippen molar-refractivity contribution in [3.05, 3.63) is 36.8 Å². The van der Waals surface area contributed by atoms with E-state index in [0.29, 0.717) is 5.75 Å². The Morgan fingerprint density at radius 3 is 2.60 bits per heavy atom. The molecule has 108 valence electrons. The number of unbranched alkanes of at least 4 members (excludes halogenated alkanes) is 1. The molecule has 0 saturated heterocycles. The number of benzene rings is 1. The van der Waals surface area contributed by atoms with Crippen LogP contribution in [0.5, 0.6) is 5.75 Å². The molecule has 0 aliphatic rings. The number of halogens is 1. The number of imidazole rings is 1. The van der Waals surface area contributed by atoms with Gasteiger partial charge in [0.1, 0.15) is 5.75 Å². The summed E-state index contributed by atoms with van der Waals surface area (Å²) in [4.78, 5) is 15.2. The lowest BCUT2D eigenvalue weighted by Crippen LogP contribution is -2.00. The van der Waals surface area contributed by atoms with Crippen LogP contribution >= 0.6 is 12.4 Å². The van der Waals surface area contributed by atoms with Gasteiger partial charge in [-0.05, 0) is 30.7 Å². The summed E-state index contributed by atoms with van der Waals surface area (Å²) in [6.07, 6.45) is 6.22. The van der Waals surface area contributed by atoms with Gasteiger partial charge in [-0.15, -0.1) is 12.4 Å². The van der Waals surface area contributed by atoms with E-state index in [1.54, 1.807) is 12.1 Å². The van der Waals surface area contributed by atoms with Crippen LogP contribution in [0.3, 0.4) is 0 Å². The maximum atomic E-state index is 10.8. The number of aryl methyl sites for hydroxylation is 1. The summed E-state index contributed by atoms with van der Waals surface area (Å²) in [7, 11) is 0. The molecule has 5 heteroatoms. The van der Waals surface area contributed by atoms with Gasteiger partial charge in [-0.25, -0.2) is 4.98 Å². The van der Waals surface area contributed by atoms with Crippen LogP contribution in [0.1, 0.15) is 26.7 Å². The second-order valence-corrected chi connectivity index (χ2v) is 4.47. The first-order valence-corrected chi connectivity index (χ1v) is 6.49. The fraction of sp³-hybridized carbons (Fsp3) is 0.333. The van der Waals surface area contributed by atoms with E-state index in [0.717, 1.165) is 24.2 Å². The van der Waals surface area contributed by atoms with Crippen molar-refractivity contribution < 1.29 is 9.53 Å². The van der Waals surface area contributed by atoms with Crippen molar-refractivity contribution in [3.8, 4) is 17.0 Å². The molecule has 0 radical (unpaired) electrons. The Hall–Kier alpha value is -1.81. The molecule has 2 aromatic rings. The topological polar surface area (TPSA) is 44.1 Å². The van der Waals surface area contributed by atoms with Crippen molar-refractivity contribution in [2.24, 2.45) is 0 Å². The lowest BCUT2D eigenvalue weighted by Gasteiger charge is -2.02. The quantitative estimate of drug-likeness (QED) is 0.624. The average Bonchev–Trinajstić information content (AvgIpc) is 2.85. The molecule has 4 nitrogen and oxygen atoms in total. The molecule has 0 unspecified atom stereocenters. The summed E-state index contributed by atoms with van der Waals surface area (Å²) in [6, 6.07) is 7.37. The number of rotatable bonds is 5. The number of ether oxygens (including phenoxy) is 1. The minimum atomic E-state index is -0.309. The molecule has 0 bridgehead atoms. The van der Waals surface area contributed by atoms with E-state index in [1.807, 2.05) is 24.7 Å². The number of aromatic nitrogens is 2. The van der Waals surface area contributed by atoms with Crippen LogP contribution < -0.4 is 4.74 Å². The number of carbonyl (C=O) groups is 1. The summed E-state index contributed by atoms with van der Waals surface area (Å²) in [5, 5.41) is 0. The standard InChI is InChI=1S/C15H18N2O2.ClH/c1-3-4-9-17-10-15(16-11-17)13-5-7-14(8-6-13)19-12(2)18;/h5-8,10-11H,3-4,9H2,1-2H3;1H. The lowest BCUT2D eigenvalue weighted by molar-refractivity contribution is -0.131. The van der Waals surface area contributed by atoms with E-state index in [1.165, 1.54) is 13.3 Å². The molecule has 1 aromatic carbocycles. The van der Waals surface area contributed by atoms with Gasteiger partial charge in [0, 0.05) is 25.2 Å². The summed E-state index contributed by atoms with van der Waals surface area (Å²) in [5.41, 5.74) is 1.96. The van der Waals surface area contributed by atoms with Gasteiger partial charge >= 0.3 is 5.97 Å². The van der Waals surface area contributed by atoms with Crippen molar-refractivity contribution in [2.75, 3.05) is 0 Å². The summed E-state index contributed by atoms with van der Waals surface area (Å²) in [6.45, 7) is 4.56. The first-order chi connectivity index (χ1) is 9.19. The molecule has 20 heavy (non-hydrogen) atoms. The van der Waals surface area contributed by atoms with Crippen molar-refractivity contribution in [1.82, 2.24) is 9.55 Å². The van der Waals surface area contributed by atoms with Crippen LogP contribution in [-0.4, -0.2) is 15.5 Å². The summed E-state index contributed by atoms with van der Waals surface area (Å²) < 4.78 is 7.09. The minimum absolute atomic E-state index is 0. The number of hydrogen-bond donors (Lipinski definition) is 0. The highest BCUT2D eigenvalue weighted by molar-refractivity contribution is 5.85. The van der Waals surface area contributed by atoms with Crippen molar-refractivity contribution in [2.45, 2.75) is 33.2 Å². The zero-order valence-corrected chi connectivity index (χ0v) is 12.5. The van der Waals surface area contributed by atoms with Gasteiger partial charge < -0.3 is 9.30 Å². The fourth-order valence-corrected chi connectivity index (χ4v) is 1.83. The first kappa shape index (κ1) is 16.2. The van der Waals surface area contributed by atoms with E-state index in [-0.39, 0.29) is 18.4 Å². The van der Waals surface area contributed by atoms with E-state index in [2.05, 4.69) is 16.5 Å². The molecule has 0 aliphatic carbocycles. The van der Waals surface area contributed by atoms with Crippen molar-refractivity contribution >= 4 is 18.4 Å². The predicted molar refractivity (Wildman–Crippen MR) is 81.1 cm³/mol. The van der Waals surface area contributed by atoms with Gasteiger partial charge in [-0.1, -0.05) is 13.3 Å². The third kappa shape index (κ3) is 4.38. The Bertz CT molecular complexity index is 549. The van der Waals surface area contributed by atoms with Gasteiger partial charge in [0.2, 0.25) is 0 Å². The molecule has 0 aliphatic heterocycles. The second kappa shape index (κ2) is 7.70. The number of nitrogens with zero attached hydrogens (tertiary/aromatic N) is 2. The molecule has 1 heterocycles. The lowest BCUT2D eigenvalue weighted by atomic mass is 10.1. The molecule has 0 fully saturated rings. The first-order valence-electron chi connectivity index (χ1n) is 6.49. The van der Waals surface area contributed by atoms with Crippen LogP contribution in [-0.2, 0) is 11.3 Å². The number of hydrogen-bond acceptors (Lipinski definition) is 3. The molecular formula is C15H19ClN2O2. The molecule has 1 aromatic heterocycles. The van der Waals surface area contributed by atoms with Gasteiger partial charge in [-0.2, -0.15) is 0 Å². The number of esters is 1. The van der Waals surface area contributed by atoms with Crippen molar-refractivity contribution in [3.63, 3.8) is 0 Å². The Morgan fingerprint density at radius 2 is 2.00 bits per heavy atom. The Morgan fingerprint density at radius 1 is 1.30 bits per heavy atom. The highest BCUT2D eigenvalue weighted by Gasteiger charge is 2.03. The third-order valence-electron chi connectivity index (χ3n) is 2.81. The van der Waals surface area contributed by atoms with Crippen LogP contribution in [0.2, 0.25) is 0 Å². The SMILES string of the molecule is CCCCn1cnc(-c2ccc(OC(C)=O)cc2)c1.Cl. The van der Waals surface area contributed by atoms with Gasteiger partial charge in [-0.3, -0.25) is 4.79 Å². The van der Waals surface area contributed by atoms with Crippen LogP contribution in [0.4, 0.5) is 0 Å². The summed E-state index contributed by atoms with van der Waals surface area (Å²) >= 11 is 0. The van der Waals surface area contributed by atoms with Crippen LogP contribution in [0, 0.1) is 0 Å². The van der Waals surface area contributed by atoms with Gasteiger partial charge in [0.25, 0.3) is 0 Å². The third-order valence-corrected chi connectivity index (χ3v) is 2.81. The van der Waals surface area contributed by atoms with Crippen LogP contribution in [0.25, 0.3) is 11.3 Å². The predicted octanol–water partition coefficient (Wildman–Crippen LogP) is 3.70. The van der Waals surface area contributed by atoms with E-state index in [9.17, 15) is 4.79 Å². The van der Waals surface area contributed by atoms with Crippen LogP contribution in [0.15, 0.2) is 36.8 Å². The molecule has 2 rings (SSSR count). The summed E-state index contributed by atoms with van der Waals surface area (Å²) in [5.74, 6) is 0.248. The van der Waals surface area contributed by atoms with Gasteiger partial charge in [0.05, 0.1) is 12.0 Å². The molecule has 0 saturated carbocycles. The maximum Gasteiger partial charge on any atom is 0.308 e. The largest absolute Gasteiger partial charge is 0.427 e. The van der Waals surface area contributed by atoms with Gasteiger partial charge in [0.15, 0.2) is 0 Å². The zero-order valence-electron chi connectivity index (χ0n) is 11.7. The molecule has 0 spiro atoms. The second-order valence-electron chi connectivity index (χ2n) is 4.47. The number of carbonyl (C=O) groups excluding carboxylic acids is 1. The Labute approximate surface area is 125 Å². The van der Waals surface area contributed by atoms with E-state index in [4.69, 9.17) is 4.74 Å². The smallest absolute Gasteiger partial charge is 0.308 e. The van der Waals surface area contributed by atoms with Crippen molar-refractivity contribution in [1.29, 1.82) is 0 Å². The molecule has 0 amide bonds. The maximum absolute atomic E-state index is 10.8. The minimum Gasteiger partial charge on any atom is -0.427 e. The normalized spacial score (nSPS) is 9.90. The highest BCUT2D eigenvalue weighted by Crippen LogP contribution is 2.21. The molecule has 0 N–H and O–H groups in total. The monoisotopic (exact) mass is 294 g/mol. The Kier molecular flexibility index (Phi) is 6.25. The average molecular weight is 295 g/mol.